The fourth-order valence-electron chi connectivity index (χ4n) is 2.37. The molecule has 6 nitrogen and oxygen atoms in total. The van der Waals surface area contributed by atoms with Crippen LogP contribution in [0.1, 0.15) is 25.5 Å². The molecule has 3 N–H and O–H groups in total. The third-order valence-electron chi connectivity index (χ3n) is 3.47. The standard InChI is InChI=1S/C13H19N5OS/c1-9(19)17-8-10-2-6-18(7-3-10)13-11(12(14)20)15-4-5-16-13/h4-5,10H,2-3,6-8H2,1H3,(H2,14,20)(H,17,19). The zero-order chi connectivity index (χ0) is 14.5. The van der Waals surface area contributed by atoms with Crippen molar-refractivity contribution in [2.24, 2.45) is 11.7 Å². The van der Waals surface area contributed by atoms with E-state index in [1.54, 1.807) is 19.3 Å². The number of nitrogens with one attached hydrogen (secondary N) is 1. The van der Waals surface area contributed by atoms with Crippen LogP contribution in [0.15, 0.2) is 12.4 Å². The van der Waals surface area contributed by atoms with E-state index in [1.165, 1.54) is 0 Å². The van der Waals surface area contributed by atoms with Crippen molar-refractivity contribution in [2.75, 3.05) is 24.5 Å². The number of amides is 1. The van der Waals surface area contributed by atoms with Gasteiger partial charge in [-0.1, -0.05) is 12.2 Å². The molecule has 108 valence electrons. The van der Waals surface area contributed by atoms with Gasteiger partial charge in [0.05, 0.1) is 0 Å². The molecule has 2 rings (SSSR count). The third-order valence-corrected chi connectivity index (χ3v) is 3.66. The van der Waals surface area contributed by atoms with Crippen molar-refractivity contribution in [3.05, 3.63) is 18.1 Å². The van der Waals surface area contributed by atoms with Crippen LogP contribution in [0.4, 0.5) is 5.82 Å². The van der Waals surface area contributed by atoms with Crippen molar-refractivity contribution in [3.8, 4) is 0 Å². The molecule has 1 fully saturated rings. The fourth-order valence-corrected chi connectivity index (χ4v) is 2.52. The predicted molar refractivity (Wildman–Crippen MR) is 81.5 cm³/mol. The number of nitrogens with two attached hydrogens (primary N) is 1. The van der Waals surface area contributed by atoms with Gasteiger partial charge in [-0.05, 0) is 18.8 Å². The molecule has 1 saturated heterocycles. The van der Waals surface area contributed by atoms with Gasteiger partial charge in [-0.15, -0.1) is 0 Å². The van der Waals surface area contributed by atoms with E-state index in [9.17, 15) is 4.79 Å². The summed E-state index contributed by atoms with van der Waals surface area (Å²) < 4.78 is 0. The molecule has 1 aromatic heterocycles. The van der Waals surface area contributed by atoms with E-state index in [2.05, 4.69) is 20.2 Å². The summed E-state index contributed by atoms with van der Waals surface area (Å²) >= 11 is 5.01. The van der Waals surface area contributed by atoms with Crippen LogP contribution in [0, 0.1) is 5.92 Å². The van der Waals surface area contributed by atoms with Crippen molar-refractivity contribution < 1.29 is 4.79 Å². The maximum absolute atomic E-state index is 10.9. The first-order valence-corrected chi connectivity index (χ1v) is 7.09. The number of anilines is 1. The van der Waals surface area contributed by atoms with Crippen LogP contribution >= 0.6 is 12.2 Å². The van der Waals surface area contributed by atoms with E-state index in [-0.39, 0.29) is 10.9 Å². The Labute approximate surface area is 123 Å². The van der Waals surface area contributed by atoms with Gasteiger partial charge in [0.15, 0.2) is 5.82 Å². The number of piperidine rings is 1. The molecule has 0 saturated carbocycles. The van der Waals surface area contributed by atoms with Gasteiger partial charge in [-0.2, -0.15) is 0 Å². The van der Waals surface area contributed by atoms with Gasteiger partial charge >= 0.3 is 0 Å². The summed E-state index contributed by atoms with van der Waals surface area (Å²) in [5.74, 6) is 1.30. The van der Waals surface area contributed by atoms with Crippen LogP contribution in [0.25, 0.3) is 0 Å². The Balaban J connectivity index is 1.97. The Bertz CT molecular complexity index is 499. The first kappa shape index (κ1) is 14.6. The molecule has 1 aliphatic heterocycles. The summed E-state index contributed by atoms with van der Waals surface area (Å²) in [5, 5.41) is 2.87. The van der Waals surface area contributed by atoms with Crippen molar-refractivity contribution >= 4 is 28.9 Å². The molecule has 0 aliphatic carbocycles. The van der Waals surface area contributed by atoms with Crippen LogP contribution in [0.5, 0.6) is 0 Å². The maximum Gasteiger partial charge on any atom is 0.216 e. The summed E-state index contributed by atoms with van der Waals surface area (Å²) in [6, 6.07) is 0. The zero-order valence-corrected chi connectivity index (χ0v) is 12.3. The van der Waals surface area contributed by atoms with E-state index in [4.69, 9.17) is 18.0 Å². The lowest BCUT2D eigenvalue weighted by atomic mass is 9.96. The van der Waals surface area contributed by atoms with Gasteiger partial charge in [0.2, 0.25) is 5.91 Å². The molecule has 0 atom stereocenters. The number of thiocarbonyl (C=S) groups is 1. The van der Waals surface area contributed by atoms with Crippen LogP contribution in [-0.4, -0.2) is 40.5 Å². The minimum Gasteiger partial charge on any atom is -0.388 e. The van der Waals surface area contributed by atoms with Crippen molar-refractivity contribution in [1.29, 1.82) is 0 Å². The molecule has 1 aliphatic rings. The molecule has 2 heterocycles. The maximum atomic E-state index is 10.9. The smallest absolute Gasteiger partial charge is 0.216 e. The molecule has 1 aromatic rings. The van der Waals surface area contributed by atoms with Gasteiger partial charge in [-0.25, -0.2) is 9.97 Å². The number of nitrogens with zero attached hydrogens (tertiary/aromatic N) is 3. The summed E-state index contributed by atoms with van der Waals surface area (Å²) in [6.07, 6.45) is 5.27. The number of carbonyl (C=O) groups is 1. The quantitative estimate of drug-likeness (QED) is 0.785. The lowest BCUT2D eigenvalue weighted by Crippen LogP contribution is -2.39. The van der Waals surface area contributed by atoms with E-state index in [1.807, 2.05) is 0 Å². The highest BCUT2D eigenvalue weighted by atomic mass is 32.1. The van der Waals surface area contributed by atoms with E-state index >= 15 is 0 Å². The Morgan fingerprint density at radius 3 is 2.70 bits per heavy atom. The number of aromatic nitrogens is 2. The molecule has 0 spiro atoms. The molecule has 0 bridgehead atoms. The van der Waals surface area contributed by atoms with Gasteiger partial charge in [-0.3, -0.25) is 4.79 Å². The molecule has 1 amide bonds. The Morgan fingerprint density at radius 1 is 1.45 bits per heavy atom. The predicted octanol–water partition coefficient (Wildman–Crippen LogP) is 0.463. The van der Waals surface area contributed by atoms with Crippen molar-refractivity contribution in [1.82, 2.24) is 15.3 Å². The monoisotopic (exact) mass is 293 g/mol. The zero-order valence-electron chi connectivity index (χ0n) is 11.5. The highest BCUT2D eigenvalue weighted by Crippen LogP contribution is 2.23. The minimum atomic E-state index is 0.0251. The molecule has 0 unspecified atom stereocenters. The van der Waals surface area contributed by atoms with Crippen molar-refractivity contribution in [2.45, 2.75) is 19.8 Å². The molecule has 7 heteroatoms. The number of carbonyl (C=O) groups excluding carboxylic acids is 1. The molecule has 0 radical (unpaired) electrons. The largest absolute Gasteiger partial charge is 0.388 e. The van der Waals surface area contributed by atoms with Crippen LogP contribution < -0.4 is 16.0 Å². The van der Waals surface area contributed by atoms with Gasteiger partial charge in [0.25, 0.3) is 0 Å². The topological polar surface area (TPSA) is 84.1 Å². The van der Waals surface area contributed by atoms with Crippen molar-refractivity contribution in [3.63, 3.8) is 0 Å². The second-order valence-corrected chi connectivity index (χ2v) is 5.40. The molecular formula is C13H19N5OS. The molecule has 0 aromatic carbocycles. The van der Waals surface area contributed by atoms with E-state index in [0.717, 1.165) is 38.3 Å². The second kappa shape index (κ2) is 6.60. The first-order valence-electron chi connectivity index (χ1n) is 6.68. The lowest BCUT2D eigenvalue weighted by Gasteiger charge is -2.33. The molecule has 20 heavy (non-hydrogen) atoms. The molecular weight excluding hydrogens is 274 g/mol. The average molecular weight is 293 g/mol. The highest BCUT2D eigenvalue weighted by molar-refractivity contribution is 7.80. The van der Waals surface area contributed by atoms with E-state index < -0.39 is 0 Å². The Hall–Kier alpha value is -1.76. The SMILES string of the molecule is CC(=O)NCC1CCN(c2nccnc2C(N)=S)CC1. The van der Waals surface area contributed by atoms with E-state index in [0.29, 0.717) is 11.6 Å². The van der Waals surface area contributed by atoms with Crippen LogP contribution in [-0.2, 0) is 4.79 Å². The Morgan fingerprint density at radius 2 is 2.10 bits per heavy atom. The van der Waals surface area contributed by atoms with Gasteiger partial charge < -0.3 is 16.0 Å². The number of hydrogen-bond donors (Lipinski definition) is 2. The average Bonchev–Trinajstić information content (AvgIpc) is 2.45. The summed E-state index contributed by atoms with van der Waals surface area (Å²) in [5.41, 5.74) is 6.27. The number of hydrogen-bond acceptors (Lipinski definition) is 5. The highest BCUT2D eigenvalue weighted by Gasteiger charge is 2.23. The first-order chi connectivity index (χ1) is 9.58. The van der Waals surface area contributed by atoms with Gasteiger partial charge in [0.1, 0.15) is 10.7 Å². The summed E-state index contributed by atoms with van der Waals surface area (Å²) in [4.78, 5) is 21.9. The van der Waals surface area contributed by atoms with Gasteiger partial charge in [0, 0.05) is 39.0 Å². The summed E-state index contributed by atoms with van der Waals surface area (Å²) in [6.45, 7) is 4.03. The minimum absolute atomic E-state index is 0.0251. The van der Waals surface area contributed by atoms with Crippen LogP contribution in [0.3, 0.4) is 0 Å². The summed E-state index contributed by atoms with van der Waals surface area (Å²) in [7, 11) is 0. The normalized spacial score (nSPS) is 15.9. The van der Waals surface area contributed by atoms with Crippen LogP contribution in [0.2, 0.25) is 0 Å². The Kier molecular flexibility index (Phi) is 4.84. The lowest BCUT2D eigenvalue weighted by molar-refractivity contribution is -0.119. The third kappa shape index (κ3) is 3.63. The fraction of sp³-hybridized carbons (Fsp3) is 0.538. The second-order valence-electron chi connectivity index (χ2n) is 4.96. The number of rotatable bonds is 4.